The molecule has 0 radical (unpaired) electrons. The third kappa shape index (κ3) is 6.85. The molecular formula is C33H35FN2O4. The van der Waals surface area contributed by atoms with E-state index in [-0.39, 0.29) is 54.8 Å². The van der Waals surface area contributed by atoms with E-state index < -0.39 is 54.0 Å². The second-order valence-corrected chi connectivity index (χ2v) is 9.85. The first-order valence-corrected chi connectivity index (χ1v) is 13.2. The Kier molecular flexibility index (Phi) is 7.46. The van der Waals surface area contributed by atoms with Crippen molar-refractivity contribution in [3.8, 4) is 22.4 Å². The van der Waals surface area contributed by atoms with Gasteiger partial charge in [-0.05, 0) is 72.7 Å². The number of carboxylic acid groups (broad SMARTS) is 1. The molecule has 40 heavy (non-hydrogen) atoms. The van der Waals surface area contributed by atoms with Crippen molar-refractivity contribution in [3.05, 3.63) is 102 Å². The molecule has 0 saturated heterocycles. The summed E-state index contributed by atoms with van der Waals surface area (Å²) >= 11 is 0. The van der Waals surface area contributed by atoms with Crippen LogP contribution < -0.4 is 5.32 Å². The Bertz CT molecular complexity index is 1680. The van der Waals surface area contributed by atoms with E-state index >= 15 is 0 Å². The lowest BCUT2D eigenvalue weighted by atomic mass is 9.94. The zero-order chi connectivity index (χ0) is 33.0. The molecule has 208 valence electrons. The maximum absolute atomic E-state index is 14.2. The van der Waals surface area contributed by atoms with Crippen molar-refractivity contribution in [2.75, 3.05) is 5.32 Å². The molecule has 0 fully saturated rings. The minimum atomic E-state index is -0.967. The first-order chi connectivity index (χ1) is 21.3. The summed E-state index contributed by atoms with van der Waals surface area (Å²) in [4.78, 5) is 25.2. The van der Waals surface area contributed by atoms with Gasteiger partial charge in [0.15, 0.2) is 0 Å². The smallest absolute Gasteiger partial charge is 0.303 e. The second kappa shape index (κ2) is 13.2. The Morgan fingerprint density at radius 3 is 2.27 bits per heavy atom. The van der Waals surface area contributed by atoms with Gasteiger partial charge < -0.3 is 20.1 Å². The number of amides is 1. The zero-order valence-electron chi connectivity index (χ0n) is 27.4. The number of halogens is 1. The van der Waals surface area contributed by atoms with E-state index in [1.54, 1.807) is 34.9 Å². The van der Waals surface area contributed by atoms with Gasteiger partial charge in [0.25, 0.3) is 5.91 Å². The highest BCUT2D eigenvalue weighted by atomic mass is 19.1. The summed E-state index contributed by atoms with van der Waals surface area (Å²) in [5.74, 6) is -2.38. The fraction of sp³-hybridized carbons (Fsp3) is 0.273. The van der Waals surface area contributed by atoms with Gasteiger partial charge in [-0.25, -0.2) is 4.39 Å². The number of para-hydroxylation sites is 1. The normalized spacial score (nSPS) is 13.7. The Hall–Kier alpha value is -4.23. The van der Waals surface area contributed by atoms with E-state index in [1.165, 1.54) is 24.3 Å². The zero-order valence-corrected chi connectivity index (χ0v) is 22.4. The quantitative estimate of drug-likeness (QED) is 0.173. The fourth-order valence-corrected chi connectivity index (χ4v) is 4.85. The number of carbonyl (C=O) groups excluding carboxylic acids is 1. The van der Waals surface area contributed by atoms with Gasteiger partial charge in [-0.3, -0.25) is 9.59 Å². The summed E-state index contributed by atoms with van der Waals surface area (Å²) in [6, 6.07) is 11.4. The first-order valence-electron chi connectivity index (χ1n) is 15.7. The van der Waals surface area contributed by atoms with Gasteiger partial charge in [0.1, 0.15) is 5.82 Å². The summed E-state index contributed by atoms with van der Waals surface area (Å²) in [5.41, 5.74) is 1.73. The number of benzene rings is 3. The van der Waals surface area contributed by atoms with Crippen LogP contribution in [0.1, 0.15) is 68.4 Å². The molecule has 7 heteroatoms. The van der Waals surface area contributed by atoms with Crippen molar-refractivity contribution in [2.24, 2.45) is 0 Å². The molecule has 1 aromatic heterocycles. The number of anilines is 1. The Labute approximate surface area is 241 Å². The molecule has 4 rings (SSSR count). The van der Waals surface area contributed by atoms with Crippen LogP contribution in [0.15, 0.2) is 84.8 Å². The van der Waals surface area contributed by atoms with Crippen molar-refractivity contribution in [2.45, 2.75) is 58.1 Å². The highest BCUT2D eigenvalue weighted by Crippen LogP contribution is 2.42. The molecule has 0 bridgehead atoms. The van der Waals surface area contributed by atoms with E-state index in [2.05, 4.69) is 5.32 Å². The van der Waals surface area contributed by atoms with E-state index in [0.29, 0.717) is 22.6 Å². The second-order valence-electron chi connectivity index (χ2n) is 9.85. The third-order valence-corrected chi connectivity index (χ3v) is 6.59. The van der Waals surface area contributed by atoms with Crippen LogP contribution in [0.5, 0.6) is 0 Å². The number of aliphatic hydroxyl groups is 1. The molecule has 1 heterocycles. The number of hydrogen-bond donors (Lipinski definition) is 3. The predicted octanol–water partition coefficient (Wildman–Crippen LogP) is 7.34. The predicted molar refractivity (Wildman–Crippen MR) is 156 cm³/mol. The summed E-state index contributed by atoms with van der Waals surface area (Å²) in [5, 5.41) is 22.6. The summed E-state index contributed by atoms with van der Waals surface area (Å²) < 4.78 is 58.5. The molecule has 0 saturated carbocycles. The fourth-order valence-electron chi connectivity index (χ4n) is 4.85. The number of aliphatic carboxylic acids is 1. The highest BCUT2D eigenvalue weighted by molar-refractivity contribution is 6.12. The molecule has 0 spiro atoms. The van der Waals surface area contributed by atoms with Gasteiger partial charge in [-0.1, -0.05) is 62.3 Å². The summed E-state index contributed by atoms with van der Waals surface area (Å²) in [6.45, 7) is 3.85. The van der Waals surface area contributed by atoms with Crippen molar-refractivity contribution in [1.82, 2.24) is 4.57 Å². The minimum Gasteiger partial charge on any atom is -0.481 e. The summed E-state index contributed by atoms with van der Waals surface area (Å²) in [7, 11) is 0. The van der Waals surface area contributed by atoms with Gasteiger partial charge in [-0.2, -0.15) is 0 Å². The molecule has 1 atom stereocenters. The Morgan fingerprint density at radius 2 is 1.65 bits per heavy atom. The van der Waals surface area contributed by atoms with Crippen molar-refractivity contribution in [1.29, 1.82) is 0 Å². The van der Waals surface area contributed by atoms with Crippen LogP contribution in [0.4, 0.5) is 10.1 Å². The van der Waals surface area contributed by atoms with Crippen LogP contribution >= 0.6 is 0 Å². The SMILES string of the molecule is [2H]c1c([2H])c([2H])c(-c2c(C(=O)Nc3ccccc3)c(C(C)C)n(CC[C@H](O)CCCC(=O)O)c2-c2ccc(F)cc2)c([2H])c1[2H]. The van der Waals surface area contributed by atoms with E-state index in [1.807, 2.05) is 13.8 Å². The third-order valence-electron chi connectivity index (χ3n) is 6.59. The lowest BCUT2D eigenvalue weighted by molar-refractivity contribution is -0.137. The molecule has 0 aliphatic heterocycles. The van der Waals surface area contributed by atoms with Gasteiger partial charge in [-0.15, -0.1) is 0 Å². The van der Waals surface area contributed by atoms with Crippen molar-refractivity contribution < 1.29 is 31.0 Å². The van der Waals surface area contributed by atoms with Crippen LogP contribution in [-0.4, -0.2) is 32.8 Å². The average molecular weight is 548 g/mol. The number of carboxylic acids is 1. The number of aliphatic hydroxyl groups excluding tert-OH is 1. The largest absolute Gasteiger partial charge is 0.481 e. The molecule has 3 N–H and O–H groups in total. The maximum Gasteiger partial charge on any atom is 0.303 e. The highest BCUT2D eigenvalue weighted by Gasteiger charge is 2.30. The van der Waals surface area contributed by atoms with Gasteiger partial charge in [0.2, 0.25) is 0 Å². The number of nitrogens with zero attached hydrogens (tertiary/aromatic N) is 1. The lowest BCUT2D eigenvalue weighted by Gasteiger charge is -2.19. The monoisotopic (exact) mass is 547 g/mol. The van der Waals surface area contributed by atoms with Gasteiger partial charge in [0, 0.05) is 29.9 Å². The van der Waals surface area contributed by atoms with Crippen LogP contribution in [-0.2, 0) is 11.3 Å². The number of aromatic nitrogens is 1. The Morgan fingerprint density at radius 1 is 0.975 bits per heavy atom. The average Bonchev–Trinajstić information content (AvgIpc) is 3.34. The standard InChI is InChI=1S/C33H35FN2O4/c1-22(2)31-30(33(40)35-26-12-7-4-8-13-26)29(23-10-5-3-6-11-23)32(24-16-18-25(34)19-17-24)36(31)21-20-27(37)14-9-15-28(38)39/h3-8,10-13,16-19,22,27,37H,9,14-15,20-21H2,1-2H3,(H,35,40)(H,38,39)/t27-/m1/s1/i3D,5D,6D,10D,11D. The molecular weight excluding hydrogens is 507 g/mol. The van der Waals surface area contributed by atoms with Crippen LogP contribution in [0.25, 0.3) is 22.4 Å². The van der Waals surface area contributed by atoms with Crippen LogP contribution in [0.2, 0.25) is 0 Å². The number of nitrogens with one attached hydrogen (secondary N) is 1. The van der Waals surface area contributed by atoms with Crippen molar-refractivity contribution >= 4 is 17.6 Å². The number of carbonyl (C=O) groups is 2. The number of rotatable bonds is 12. The van der Waals surface area contributed by atoms with Crippen LogP contribution in [0, 0.1) is 5.82 Å². The van der Waals surface area contributed by atoms with Gasteiger partial charge >= 0.3 is 5.97 Å². The molecule has 0 aliphatic rings. The number of hydrogen-bond acceptors (Lipinski definition) is 3. The topological polar surface area (TPSA) is 91.6 Å². The van der Waals surface area contributed by atoms with Gasteiger partial charge in [0.05, 0.1) is 24.2 Å². The molecule has 0 aliphatic carbocycles. The Balaban J connectivity index is 2.06. The lowest BCUT2D eigenvalue weighted by Crippen LogP contribution is -2.18. The summed E-state index contributed by atoms with van der Waals surface area (Å²) in [6.07, 6.45) is -0.307. The first kappa shape index (κ1) is 22.6. The molecule has 1 amide bonds. The van der Waals surface area contributed by atoms with E-state index in [4.69, 9.17) is 12.0 Å². The van der Waals surface area contributed by atoms with Crippen LogP contribution in [0.3, 0.4) is 0 Å². The minimum absolute atomic E-state index is 0.0899. The molecule has 3 aromatic carbocycles. The molecule has 0 unspecified atom stereocenters. The van der Waals surface area contributed by atoms with E-state index in [9.17, 15) is 19.1 Å². The van der Waals surface area contributed by atoms with Crippen molar-refractivity contribution in [3.63, 3.8) is 0 Å². The van der Waals surface area contributed by atoms with E-state index in [0.717, 1.165) is 0 Å². The molecule has 4 aromatic rings. The maximum atomic E-state index is 14.2. The molecule has 6 nitrogen and oxygen atoms in total.